The molecule has 0 radical (unpaired) electrons. The van der Waals surface area contributed by atoms with Gasteiger partial charge in [0.2, 0.25) is 0 Å². The molecule has 1 N–H and O–H groups in total. The van der Waals surface area contributed by atoms with Crippen molar-refractivity contribution < 1.29 is 0 Å². The number of nitroso groups, excluding NO2 is 2. The monoisotopic (exact) mass is 165 g/mol. The van der Waals surface area contributed by atoms with E-state index >= 15 is 0 Å². The molecule has 1 aromatic rings. The molecule has 0 spiro atoms. The minimum Gasteiger partial charge on any atom is -0.340 e. The summed E-state index contributed by atoms with van der Waals surface area (Å²) in [5.41, 5.74) is 0.640. The van der Waals surface area contributed by atoms with E-state index in [2.05, 4.69) is 15.7 Å². The maximum absolute atomic E-state index is 9.93. The smallest absolute Gasteiger partial charge is 0.293 e. The molecule has 0 aromatic heterocycles. The summed E-state index contributed by atoms with van der Waals surface area (Å²) in [6.45, 7) is 0. The van der Waals surface area contributed by atoms with E-state index in [1.165, 1.54) is 0 Å². The van der Waals surface area contributed by atoms with Crippen LogP contribution in [0.3, 0.4) is 0 Å². The fraction of sp³-hybridized carbons (Fsp3) is 0.143. The summed E-state index contributed by atoms with van der Waals surface area (Å²) in [5.74, 6) is 0. The van der Waals surface area contributed by atoms with Crippen LogP contribution >= 0.6 is 0 Å². The van der Waals surface area contributed by atoms with Crippen LogP contribution in [0.15, 0.2) is 40.7 Å². The molecular formula is C7H7N3O2. The summed E-state index contributed by atoms with van der Waals surface area (Å²) >= 11 is 0. The summed E-state index contributed by atoms with van der Waals surface area (Å²) in [6, 6.07) is 8.79. The van der Waals surface area contributed by atoms with Crippen molar-refractivity contribution in [3.8, 4) is 0 Å². The highest BCUT2D eigenvalue weighted by Crippen LogP contribution is 2.07. The van der Waals surface area contributed by atoms with Gasteiger partial charge in [0.15, 0.2) is 0 Å². The molecule has 0 aliphatic rings. The maximum Gasteiger partial charge on any atom is 0.293 e. The van der Waals surface area contributed by atoms with E-state index in [-0.39, 0.29) is 0 Å². The second kappa shape index (κ2) is 4.17. The minimum absolute atomic E-state index is 0.640. The number of hydrogen-bond acceptors (Lipinski definition) is 5. The lowest BCUT2D eigenvalue weighted by Crippen LogP contribution is -2.11. The van der Waals surface area contributed by atoms with Crippen LogP contribution in [0, 0.1) is 9.81 Å². The van der Waals surface area contributed by atoms with Gasteiger partial charge in [-0.05, 0) is 22.5 Å². The van der Waals surface area contributed by atoms with Crippen molar-refractivity contribution in [1.29, 1.82) is 0 Å². The highest BCUT2D eigenvalue weighted by molar-refractivity contribution is 5.43. The molecule has 12 heavy (non-hydrogen) atoms. The van der Waals surface area contributed by atoms with Crippen molar-refractivity contribution in [3.63, 3.8) is 0 Å². The fourth-order valence-corrected chi connectivity index (χ4v) is 0.755. The lowest BCUT2D eigenvalue weighted by atomic mass is 10.3. The van der Waals surface area contributed by atoms with E-state index in [1.54, 1.807) is 24.3 Å². The first-order valence-electron chi connectivity index (χ1n) is 3.33. The van der Waals surface area contributed by atoms with Gasteiger partial charge in [-0.3, -0.25) is 0 Å². The highest BCUT2D eigenvalue weighted by atomic mass is 16.3. The first-order chi connectivity index (χ1) is 5.86. The second-order valence-electron chi connectivity index (χ2n) is 2.09. The molecular weight excluding hydrogens is 158 g/mol. The molecule has 5 nitrogen and oxygen atoms in total. The fourth-order valence-electron chi connectivity index (χ4n) is 0.755. The summed E-state index contributed by atoms with van der Waals surface area (Å²) in [6.07, 6.45) is -1.24. The highest BCUT2D eigenvalue weighted by Gasteiger charge is 2.05. The third kappa shape index (κ3) is 2.12. The predicted octanol–water partition coefficient (Wildman–Crippen LogP) is 1.91. The molecule has 1 aromatic carbocycles. The third-order valence-electron chi connectivity index (χ3n) is 1.27. The summed E-state index contributed by atoms with van der Waals surface area (Å²) in [7, 11) is 0. The summed E-state index contributed by atoms with van der Waals surface area (Å²) < 4.78 is 0. The van der Waals surface area contributed by atoms with Gasteiger partial charge >= 0.3 is 0 Å². The Morgan fingerprint density at radius 2 is 1.67 bits per heavy atom. The van der Waals surface area contributed by atoms with Crippen LogP contribution in [0.1, 0.15) is 0 Å². The van der Waals surface area contributed by atoms with Gasteiger partial charge in [-0.2, -0.15) is 0 Å². The Kier molecular flexibility index (Phi) is 2.89. The van der Waals surface area contributed by atoms with Crippen molar-refractivity contribution in [2.45, 2.75) is 6.29 Å². The number of nitrogens with zero attached hydrogens (tertiary/aromatic N) is 2. The molecule has 0 aliphatic heterocycles. The number of para-hydroxylation sites is 1. The van der Waals surface area contributed by atoms with Gasteiger partial charge < -0.3 is 5.32 Å². The summed E-state index contributed by atoms with van der Waals surface area (Å²) in [4.78, 5) is 19.9. The van der Waals surface area contributed by atoms with Crippen molar-refractivity contribution in [2.75, 3.05) is 5.32 Å². The molecule has 0 bridgehead atoms. The molecule has 1 rings (SSSR count). The zero-order chi connectivity index (χ0) is 8.81. The Morgan fingerprint density at radius 3 is 2.17 bits per heavy atom. The van der Waals surface area contributed by atoms with E-state index in [0.717, 1.165) is 0 Å². The molecule has 0 heterocycles. The van der Waals surface area contributed by atoms with E-state index in [9.17, 15) is 9.81 Å². The lowest BCUT2D eigenvalue weighted by molar-refractivity contribution is 0.796. The van der Waals surface area contributed by atoms with Gasteiger partial charge in [-0.15, -0.1) is 9.81 Å². The van der Waals surface area contributed by atoms with Crippen LogP contribution in [0.5, 0.6) is 0 Å². The SMILES string of the molecule is O=NC(N=O)Nc1ccccc1. The molecule has 5 heteroatoms. The molecule has 0 atom stereocenters. The quantitative estimate of drug-likeness (QED) is 0.692. The average molecular weight is 165 g/mol. The van der Waals surface area contributed by atoms with Crippen molar-refractivity contribution in [2.24, 2.45) is 10.4 Å². The second-order valence-corrected chi connectivity index (χ2v) is 2.09. The normalized spacial score (nSPS) is 9.42. The van der Waals surface area contributed by atoms with Gasteiger partial charge in [0, 0.05) is 5.69 Å². The van der Waals surface area contributed by atoms with E-state index < -0.39 is 6.29 Å². The van der Waals surface area contributed by atoms with E-state index in [0.29, 0.717) is 5.69 Å². The third-order valence-corrected chi connectivity index (χ3v) is 1.27. The van der Waals surface area contributed by atoms with E-state index in [1.807, 2.05) is 6.07 Å². The molecule has 0 fully saturated rings. The van der Waals surface area contributed by atoms with Crippen LogP contribution < -0.4 is 5.32 Å². The van der Waals surface area contributed by atoms with Crippen LogP contribution in [0.4, 0.5) is 5.69 Å². The van der Waals surface area contributed by atoms with Crippen molar-refractivity contribution in [1.82, 2.24) is 0 Å². The number of rotatable bonds is 4. The van der Waals surface area contributed by atoms with Crippen LogP contribution in [0.2, 0.25) is 0 Å². The zero-order valence-corrected chi connectivity index (χ0v) is 6.18. The van der Waals surface area contributed by atoms with Gasteiger partial charge in [0.05, 0.1) is 0 Å². The lowest BCUT2D eigenvalue weighted by Gasteiger charge is -2.03. The van der Waals surface area contributed by atoms with E-state index in [4.69, 9.17) is 0 Å². The van der Waals surface area contributed by atoms with Crippen molar-refractivity contribution in [3.05, 3.63) is 40.1 Å². The molecule has 0 aliphatic carbocycles. The Labute approximate surface area is 68.7 Å². The molecule has 0 saturated heterocycles. The topological polar surface area (TPSA) is 70.9 Å². The number of anilines is 1. The predicted molar refractivity (Wildman–Crippen MR) is 45.4 cm³/mol. The first kappa shape index (κ1) is 8.32. The van der Waals surface area contributed by atoms with Crippen LogP contribution in [-0.2, 0) is 0 Å². The Hall–Kier alpha value is -1.78. The molecule has 0 amide bonds. The number of benzene rings is 1. The first-order valence-corrected chi connectivity index (χ1v) is 3.33. The van der Waals surface area contributed by atoms with Crippen LogP contribution in [0.25, 0.3) is 0 Å². The summed E-state index contributed by atoms with van der Waals surface area (Å²) in [5, 5.41) is 7.44. The van der Waals surface area contributed by atoms with Gasteiger partial charge in [0.25, 0.3) is 6.29 Å². The maximum atomic E-state index is 9.93. The Balaban J connectivity index is 2.62. The van der Waals surface area contributed by atoms with Crippen molar-refractivity contribution >= 4 is 5.69 Å². The molecule has 0 unspecified atom stereocenters. The molecule has 0 saturated carbocycles. The van der Waals surface area contributed by atoms with Gasteiger partial charge in [0.1, 0.15) is 0 Å². The Morgan fingerprint density at radius 1 is 1.08 bits per heavy atom. The Bertz CT molecular complexity index is 255. The van der Waals surface area contributed by atoms with Crippen LogP contribution in [-0.4, -0.2) is 6.29 Å². The van der Waals surface area contributed by atoms with Gasteiger partial charge in [-0.25, -0.2) is 0 Å². The number of nitrogens with one attached hydrogen (secondary N) is 1. The van der Waals surface area contributed by atoms with Gasteiger partial charge in [-0.1, -0.05) is 18.2 Å². The average Bonchev–Trinajstić information content (AvgIpc) is 2.16. The minimum atomic E-state index is -1.24. The molecule has 62 valence electrons. The largest absolute Gasteiger partial charge is 0.340 e. The zero-order valence-electron chi connectivity index (χ0n) is 6.18. The standard InChI is InChI=1S/C7H7N3O2/c11-9-7(10-12)8-6-4-2-1-3-5-6/h1-5,7-8H. The number of hydrogen-bond donors (Lipinski definition) is 1.